The van der Waals surface area contributed by atoms with Crippen molar-refractivity contribution in [3.63, 3.8) is 0 Å². The summed E-state index contributed by atoms with van der Waals surface area (Å²) in [4.78, 5) is 3.20. The van der Waals surface area contributed by atoms with Crippen molar-refractivity contribution in [2.45, 2.75) is 46.0 Å². The molecule has 25 heavy (non-hydrogen) atoms. The topological polar surface area (TPSA) is 15.8 Å². The van der Waals surface area contributed by atoms with Crippen molar-refractivity contribution in [2.75, 3.05) is 0 Å². The lowest BCUT2D eigenvalue weighted by Crippen LogP contribution is -1.89. The van der Waals surface area contributed by atoms with Gasteiger partial charge in [-0.25, -0.2) is 0 Å². The van der Waals surface area contributed by atoms with E-state index in [1.54, 1.807) is 0 Å². The van der Waals surface area contributed by atoms with Gasteiger partial charge in [-0.1, -0.05) is 45.9 Å². The second-order valence-electron chi connectivity index (χ2n) is 7.01. The molecule has 0 spiro atoms. The van der Waals surface area contributed by atoms with Gasteiger partial charge >= 0.3 is 0 Å². The summed E-state index contributed by atoms with van der Waals surface area (Å²) in [6.07, 6.45) is 3.20. The van der Waals surface area contributed by atoms with Crippen LogP contribution in [0.3, 0.4) is 0 Å². The third-order valence-corrected chi connectivity index (χ3v) is 5.80. The van der Waals surface area contributed by atoms with Crippen molar-refractivity contribution in [1.82, 2.24) is 4.98 Å². The Labute approximate surface area is 154 Å². The first-order chi connectivity index (χ1) is 12.1. The molecule has 2 heteroatoms. The number of nitrogens with one attached hydrogen (secondary N) is 1. The van der Waals surface area contributed by atoms with Crippen molar-refractivity contribution >= 4 is 32.3 Å². The normalized spacial score (nSPS) is 12.4. The highest BCUT2D eigenvalue weighted by molar-refractivity contribution is 7.17. The van der Waals surface area contributed by atoms with E-state index in [0.29, 0.717) is 11.8 Å². The lowest BCUT2D eigenvalue weighted by atomic mass is 9.98. The van der Waals surface area contributed by atoms with Crippen LogP contribution in [0.4, 0.5) is 0 Å². The molecule has 1 nitrogen and oxygen atoms in total. The van der Waals surface area contributed by atoms with Crippen molar-refractivity contribution in [3.05, 3.63) is 71.2 Å². The van der Waals surface area contributed by atoms with Gasteiger partial charge in [0.2, 0.25) is 0 Å². The minimum absolute atomic E-state index is 0.634. The molecular formula is C23H27NS. The number of aromatic nitrogens is 1. The Morgan fingerprint density at radius 3 is 2.40 bits per heavy atom. The van der Waals surface area contributed by atoms with E-state index in [1.807, 2.05) is 17.5 Å². The summed E-state index contributed by atoms with van der Waals surface area (Å²) in [7, 11) is 0. The van der Waals surface area contributed by atoms with Crippen molar-refractivity contribution in [1.29, 1.82) is 0 Å². The predicted molar refractivity (Wildman–Crippen MR) is 113 cm³/mol. The van der Waals surface area contributed by atoms with E-state index in [1.165, 1.54) is 38.5 Å². The van der Waals surface area contributed by atoms with E-state index >= 15 is 0 Å². The number of benzene rings is 2. The Hall–Kier alpha value is -2.06. The van der Waals surface area contributed by atoms with Crippen LogP contribution in [-0.2, 0) is 0 Å². The van der Waals surface area contributed by atoms with Crippen LogP contribution in [0.15, 0.2) is 60.1 Å². The van der Waals surface area contributed by atoms with E-state index in [9.17, 15) is 0 Å². The minimum atomic E-state index is 0.634. The maximum absolute atomic E-state index is 3.20. The molecule has 0 fully saturated rings. The zero-order valence-corrected chi connectivity index (χ0v) is 16.4. The van der Waals surface area contributed by atoms with E-state index < -0.39 is 0 Å². The lowest BCUT2D eigenvalue weighted by molar-refractivity contribution is 0.735. The third kappa shape index (κ3) is 4.13. The first kappa shape index (κ1) is 17.8. The highest BCUT2D eigenvalue weighted by Gasteiger charge is 2.03. The molecule has 2 aromatic heterocycles. The van der Waals surface area contributed by atoms with Gasteiger partial charge in [-0.2, -0.15) is 0 Å². The fourth-order valence-electron chi connectivity index (χ4n) is 2.96. The van der Waals surface area contributed by atoms with Gasteiger partial charge in [0, 0.05) is 16.4 Å². The monoisotopic (exact) mass is 349 g/mol. The molecule has 1 atom stereocenters. The van der Waals surface area contributed by atoms with Crippen LogP contribution in [0.1, 0.15) is 57.1 Å². The van der Waals surface area contributed by atoms with E-state index in [-0.39, 0.29) is 0 Å². The summed E-state index contributed by atoms with van der Waals surface area (Å²) in [5.41, 5.74) is 4.10. The molecule has 0 aliphatic carbocycles. The fraction of sp³-hybridized carbons (Fsp3) is 0.304. The summed E-state index contributed by atoms with van der Waals surface area (Å²) in [6, 6.07) is 17.7. The predicted octanol–water partition coefficient (Wildman–Crippen LogP) is 7.71. The maximum Gasteiger partial charge on any atom is 0.0454 e. The highest BCUT2D eigenvalue weighted by atomic mass is 32.1. The Morgan fingerprint density at radius 1 is 0.880 bits per heavy atom. The number of hydrogen-bond acceptors (Lipinski definition) is 1. The minimum Gasteiger partial charge on any atom is -0.361 e. The lowest BCUT2D eigenvalue weighted by Gasteiger charge is -2.08. The zero-order chi connectivity index (χ0) is 17.8. The van der Waals surface area contributed by atoms with Crippen LogP contribution in [-0.4, -0.2) is 4.98 Å². The van der Waals surface area contributed by atoms with Crippen LogP contribution < -0.4 is 0 Å². The molecule has 0 saturated carbocycles. The molecule has 4 rings (SSSR count). The number of aromatic amines is 1. The summed E-state index contributed by atoms with van der Waals surface area (Å²) < 4.78 is 1.39. The van der Waals surface area contributed by atoms with Crippen molar-refractivity contribution < 1.29 is 0 Å². The Balaban J connectivity index is 0.000000146. The second-order valence-corrected chi connectivity index (χ2v) is 7.95. The Bertz CT molecular complexity index is 945. The number of thiophene rings is 1. The average Bonchev–Trinajstić information content (AvgIpc) is 3.28. The number of hydrogen-bond donors (Lipinski definition) is 1. The smallest absolute Gasteiger partial charge is 0.0454 e. The SMILES string of the molecule is CC(C)c1ccc2sccc2c1.CCC(C)c1ccc2[nH]ccc2c1. The van der Waals surface area contributed by atoms with E-state index in [0.717, 1.165) is 0 Å². The molecule has 0 radical (unpaired) electrons. The van der Waals surface area contributed by atoms with Crippen molar-refractivity contribution in [2.24, 2.45) is 0 Å². The van der Waals surface area contributed by atoms with E-state index in [4.69, 9.17) is 0 Å². The molecule has 1 N–H and O–H groups in total. The van der Waals surface area contributed by atoms with Gasteiger partial charge in [0.05, 0.1) is 0 Å². The van der Waals surface area contributed by atoms with Gasteiger partial charge in [-0.3, -0.25) is 0 Å². The molecule has 0 bridgehead atoms. The van der Waals surface area contributed by atoms with Crippen LogP contribution in [0.5, 0.6) is 0 Å². The standard InChI is InChI=1S/C12H15N.C11H12S/c1-3-9(2)10-4-5-12-11(8-10)6-7-13-12;1-8(2)9-3-4-11-10(7-9)5-6-12-11/h4-9,13H,3H2,1-2H3;3-8H,1-2H3. The molecular weight excluding hydrogens is 322 g/mol. The first-order valence-corrected chi connectivity index (χ1v) is 10.0. The van der Waals surface area contributed by atoms with E-state index in [2.05, 4.69) is 86.6 Å². The molecule has 2 heterocycles. The van der Waals surface area contributed by atoms with Crippen molar-refractivity contribution in [3.8, 4) is 0 Å². The largest absolute Gasteiger partial charge is 0.361 e. The zero-order valence-electron chi connectivity index (χ0n) is 15.5. The van der Waals surface area contributed by atoms with Gasteiger partial charge in [0.25, 0.3) is 0 Å². The first-order valence-electron chi connectivity index (χ1n) is 9.12. The second kappa shape index (κ2) is 7.88. The van der Waals surface area contributed by atoms with Crippen LogP contribution in [0.25, 0.3) is 21.0 Å². The molecule has 0 aliphatic heterocycles. The highest BCUT2D eigenvalue weighted by Crippen LogP contribution is 2.25. The molecule has 0 amide bonds. The maximum atomic E-state index is 3.20. The number of rotatable bonds is 3. The third-order valence-electron chi connectivity index (χ3n) is 4.90. The Morgan fingerprint density at radius 2 is 1.64 bits per heavy atom. The number of H-pyrrole nitrogens is 1. The summed E-state index contributed by atoms with van der Waals surface area (Å²) in [5.74, 6) is 1.30. The molecule has 4 aromatic rings. The van der Waals surface area contributed by atoms with Gasteiger partial charge in [-0.05, 0) is 75.9 Å². The van der Waals surface area contributed by atoms with Crippen LogP contribution in [0, 0.1) is 0 Å². The van der Waals surface area contributed by atoms with Gasteiger partial charge in [-0.15, -0.1) is 11.3 Å². The quantitative estimate of drug-likeness (QED) is 0.390. The van der Waals surface area contributed by atoms with Gasteiger partial charge in [0.15, 0.2) is 0 Å². The van der Waals surface area contributed by atoms with Crippen LogP contribution >= 0.6 is 11.3 Å². The number of fused-ring (bicyclic) bond motifs is 2. The molecule has 1 unspecified atom stereocenters. The molecule has 2 aromatic carbocycles. The summed E-state index contributed by atoms with van der Waals surface area (Å²) in [5, 5.41) is 4.85. The average molecular weight is 350 g/mol. The molecule has 0 saturated heterocycles. The summed E-state index contributed by atoms with van der Waals surface area (Å²) in [6.45, 7) is 8.96. The molecule has 0 aliphatic rings. The summed E-state index contributed by atoms with van der Waals surface area (Å²) >= 11 is 1.81. The van der Waals surface area contributed by atoms with Gasteiger partial charge < -0.3 is 4.98 Å². The molecule has 130 valence electrons. The fourth-order valence-corrected chi connectivity index (χ4v) is 3.73. The Kier molecular flexibility index (Phi) is 5.60. The van der Waals surface area contributed by atoms with Crippen LogP contribution in [0.2, 0.25) is 0 Å². The van der Waals surface area contributed by atoms with Gasteiger partial charge in [0.1, 0.15) is 0 Å².